The summed E-state index contributed by atoms with van der Waals surface area (Å²) >= 11 is 0. The summed E-state index contributed by atoms with van der Waals surface area (Å²) in [6, 6.07) is 6.98. The highest BCUT2D eigenvalue weighted by molar-refractivity contribution is 5.43. The van der Waals surface area contributed by atoms with E-state index in [1.165, 1.54) is 19.5 Å². The molecule has 3 heteroatoms. The molecule has 2 atom stereocenters. The van der Waals surface area contributed by atoms with Gasteiger partial charge in [0.15, 0.2) is 0 Å². The topological polar surface area (TPSA) is 28.2 Å². The summed E-state index contributed by atoms with van der Waals surface area (Å²) in [5, 5.41) is 3.47. The Kier molecular flexibility index (Phi) is 2.13. The predicted octanol–water partition coefficient (Wildman–Crippen LogP) is 1.19. The molecule has 3 rings (SSSR count). The van der Waals surface area contributed by atoms with Crippen molar-refractivity contribution in [2.75, 3.05) is 24.5 Å². The first kappa shape index (κ1) is 9.16. The molecule has 0 bridgehead atoms. The lowest BCUT2D eigenvalue weighted by Crippen LogP contribution is -2.34. The summed E-state index contributed by atoms with van der Waals surface area (Å²) in [6.45, 7) is 5.55. The van der Waals surface area contributed by atoms with Gasteiger partial charge in [0.25, 0.3) is 0 Å². The Bertz CT molecular complexity index is 364. The van der Waals surface area contributed by atoms with Crippen LogP contribution in [0, 0.1) is 12.8 Å². The van der Waals surface area contributed by atoms with Crippen LogP contribution >= 0.6 is 0 Å². The molecule has 2 aliphatic heterocycles. The number of aromatic nitrogens is 1. The molecule has 3 nitrogen and oxygen atoms in total. The van der Waals surface area contributed by atoms with E-state index >= 15 is 0 Å². The van der Waals surface area contributed by atoms with Gasteiger partial charge in [0, 0.05) is 31.4 Å². The number of nitrogens with one attached hydrogen (secondary N) is 1. The summed E-state index contributed by atoms with van der Waals surface area (Å²) in [5.41, 5.74) is 1.11. The number of anilines is 1. The molecule has 1 N–H and O–H groups in total. The van der Waals surface area contributed by atoms with E-state index in [4.69, 9.17) is 0 Å². The number of nitrogens with zero attached hydrogens (tertiary/aromatic N) is 2. The molecule has 0 aliphatic carbocycles. The monoisotopic (exact) mass is 203 g/mol. The fraction of sp³-hybridized carbons (Fsp3) is 0.583. The Morgan fingerprint density at radius 1 is 1.40 bits per heavy atom. The molecule has 1 aromatic heterocycles. The van der Waals surface area contributed by atoms with Crippen LogP contribution in [0.2, 0.25) is 0 Å². The lowest BCUT2D eigenvalue weighted by Gasteiger charge is -2.24. The summed E-state index contributed by atoms with van der Waals surface area (Å²) in [5.74, 6) is 2.00. The Morgan fingerprint density at radius 2 is 2.33 bits per heavy atom. The first-order valence-electron chi connectivity index (χ1n) is 5.75. The maximum absolute atomic E-state index is 4.61. The van der Waals surface area contributed by atoms with Gasteiger partial charge in [-0.05, 0) is 31.4 Å². The summed E-state index contributed by atoms with van der Waals surface area (Å²) in [6.07, 6.45) is 1.31. The summed E-state index contributed by atoms with van der Waals surface area (Å²) in [4.78, 5) is 7.08. The second-order valence-corrected chi connectivity index (χ2v) is 4.60. The Hall–Kier alpha value is -1.09. The molecule has 0 radical (unpaired) electrons. The largest absolute Gasteiger partial charge is 0.352 e. The van der Waals surface area contributed by atoms with Gasteiger partial charge in [0.1, 0.15) is 5.82 Å². The smallest absolute Gasteiger partial charge is 0.129 e. The zero-order valence-corrected chi connectivity index (χ0v) is 9.11. The van der Waals surface area contributed by atoms with Gasteiger partial charge < -0.3 is 10.2 Å². The van der Waals surface area contributed by atoms with Gasteiger partial charge in [-0.2, -0.15) is 0 Å². The van der Waals surface area contributed by atoms with Crippen LogP contribution < -0.4 is 10.2 Å². The van der Waals surface area contributed by atoms with E-state index in [2.05, 4.69) is 40.3 Å². The molecule has 0 spiro atoms. The van der Waals surface area contributed by atoms with Crippen LogP contribution in [0.1, 0.15) is 12.1 Å². The maximum Gasteiger partial charge on any atom is 0.129 e. The Labute approximate surface area is 90.5 Å². The number of pyridine rings is 1. The van der Waals surface area contributed by atoms with Gasteiger partial charge in [-0.1, -0.05) is 6.07 Å². The first-order valence-corrected chi connectivity index (χ1v) is 5.75. The fourth-order valence-corrected chi connectivity index (χ4v) is 2.82. The third-order valence-corrected chi connectivity index (χ3v) is 3.61. The van der Waals surface area contributed by atoms with Crippen molar-refractivity contribution in [1.29, 1.82) is 0 Å². The van der Waals surface area contributed by atoms with Crippen molar-refractivity contribution in [3.8, 4) is 0 Å². The van der Waals surface area contributed by atoms with Crippen molar-refractivity contribution in [3.05, 3.63) is 23.9 Å². The zero-order valence-electron chi connectivity index (χ0n) is 9.11. The van der Waals surface area contributed by atoms with Crippen molar-refractivity contribution < 1.29 is 0 Å². The van der Waals surface area contributed by atoms with Crippen LogP contribution in [-0.2, 0) is 0 Å². The highest BCUT2D eigenvalue weighted by Crippen LogP contribution is 2.30. The number of aryl methyl sites for hydroxylation is 1. The molecule has 0 amide bonds. The molecule has 2 unspecified atom stereocenters. The molecule has 80 valence electrons. The minimum Gasteiger partial charge on any atom is -0.352 e. The number of hydrogen-bond donors (Lipinski definition) is 1. The van der Waals surface area contributed by atoms with Crippen LogP contribution in [0.4, 0.5) is 5.82 Å². The normalized spacial score (nSPS) is 29.5. The van der Waals surface area contributed by atoms with Crippen molar-refractivity contribution in [2.45, 2.75) is 19.4 Å². The Morgan fingerprint density at radius 3 is 3.20 bits per heavy atom. The van der Waals surface area contributed by atoms with Crippen LogP contribution in [0.5, 0.6) is 0 Å². The van der Waals surface area contributed by atoms with Crippen LogP contribution in [0.15, 0.2) is 18.2 Å². The lowest BCUT2D eigenvalue weighted by molar-refractivity contribution is 0.577. The van der Waals surface area contributed by atoms with Gasteiger partial charge in [-0.25, -0.2) is 4.98 Å². The second kappa shape index (κ2) is 3.49. The fourth-order valence-electron chi connectivity index (χ4n) is 2.82. The molecule has 2 saturated heterocycles. The highest BCUT2D eigenvalue weighted by atomic mass is 15.3. The van der Waals surface area contributed by atoms with Crippen LogP contribution in [0.25, 0.3) is 0 Å². The average molecular weight is 203 g/mol. The van der Waals surface area contributed by atoms with Gasteiger partial charge in [-0.3, -0.25) is 0 Å². The molecule has 2 fully saturated rings. The van der Waals surface area contributed by atoms with Crippen molar-refractivity contribution >= 4 is 5.82 Å². The summed E-state index contributed by atoms with van der Waals surface area (Å²) < 4.78 is 0. The van der Waals surface area contributed by atoms with E-state index in [1.807, 2.05) is 0 Å². The molecule has 2 aliphatic rings. The molecule has 0 aromatic carbocycles. The van der Waals surface area contributed by atoms with E-state index in [-0.39, 0.29) is 0 Å². The molecular formula is C12H17N3. The SMILES string of the molecule is Cc1cccc(N2CCC3CNCC32)n1. The van der Waals surface area contributed by atoms with E-state index in [0.717, 1.165) is 24.0 Å². The predicted molar refractivity (Wildman–Crippen MR) is 61.1 cm³/mol. The number of hydrogen-bond acceptors (Lipinski definition) is 3. The first-order chi connectivity index (χ1) is 7.34. The molecule has 3 heterocycles. The minimum atomic E-state index is 0.680. The molecule has 0 saturated carbocycles. The molecule has 15 heavy (non-hydrogen) atoms. The van der Waals surface area contributed by atoms with E-state index in [1.54, 1.807) is 0 Å². The third-order valence-electron chi connectivity index (χ3n) is 3.61. The molecular weight excluding hydrogens is 186 g/mol. The number of rotatable bonds is 1. The van der Waals surface area contributed by atoms with Gasteiger partial charge in [0.2, 0.25) is 0 Å². The standard InChI is InChI=1S/C12H17N3/c1-9-3-2-4-12(14-9)15-6-5-10-7-13-8-11(10)15/h2-4,10-11,13H,5-8H2,1H3. The quantitative estimate of drug-likeness (QED) is 0.743. The second-order valence-electron chi connectivity index (χ2n) is 4.60. The summed E-state index contributed by atoms with van der Waals surface area (Å²) in [7, 11) is 0. The van der Waals surface area contributed by atoms with Crippen molar-refractivity contribution in [2.24, 2.45) is 5.92 Å². The Balaban J connectivity index is 1.88. The van der Waals surface area contributed by atoms with Crippen LogP contribution in [-0.4, -0.2) is 30.7 Å². The zero-order chi connectivity index (χ0) is 10.3. The minimum absolute atomic E-state index is 0.680. The van der Waals surface area contributed by atoms with E-state index in [9.17, 15) is 0 Å². The average Bonchev–Trinajstić information content (AvgIpc) is 2.77. The third kappa shape index (κ3) is 1.51. The van der Waals surface area contributed by atoms with Gasteiger partial charge in [-0.15, -0.1) is 0 Å². The van der Waals surface area contributed by atoms with Crippen molar-refractivity contribution in [1.82, 2.24) is 10.3 Å². The number of fused-ring (bicyclic) bond motifs is 1. The van der Waals surface area contributed by atoms with Gasteiger partial charge in [0.05, 0.1) is 0 Å². The van der Waals surface area contributed by atoms with Gasteiger partial charge >= 0.3 is 0 Å². The highest BCUT2D eigenvalue weighted by Gasteiger charge is 2.37. The lowest BCUT2D eigenvalue weighted by atomic mass is 10.1. The van der Waals surface area contributed by atoms with E-state index in [0.29, 0.717) is 6.04 Å². The van der Waals surface area contributed by atoms with Crippen LogP contribution in [0.3, 0.4) is 0 Å². The van der Waals surface area contributed by atoms with E-state index < -0.39 is 0 Å². The maximum atomic E-state index is 4.61. The molecule has 1 aromatic rings. The van der Waals surface area contributed by atoms with Crippen molar-refractivity contribution in [3.63, 3.8) is 0 Å².